The van der Waals surface area contributed by atoms with Gasteiger partial charge >= 0.3 is 6.03 Å². The monoisotopic (exact) mass is 464 g/mol. The number of anilines is 1. The molecule has 1 atom stereocenters. The average Bonchev–Trinajstić information content (AvgIpc) is 3.58. The molecular formula is C22H17ClN6O4. The van der Waals surface area contributed by atoms with Crippen molar-refractivity contribution in [2.24, 2.45) is 0 Å². The number of halogens is 1. The van der Waals surface area contributed by atoms with Crippen LogP contribution in [0.1, 0.15) is 23.3 Å². The van der Waals surface area contributed by atoms with E-state index in [4.69, 9.17) is 25.6 Å². The first-order chi connectivity index (χ1) is 16.1. The topological polar surface area (TPSA) is 118 Å². The third kappa shape index (κ3) is 3.64. The van der Waals surface area contributed by atoms with E-state index in [0.29, 0.717) is 46.9 Å². The molecule has 0 saturated heterocycles. The van der Waals surface area contributed by atoms with Crippen molar-refractivity contribution in [1.29, 1.82) is 0 Å². The van der Waals surface area contributed by atoms with E-state index in [0.717, 1.165) is 17.0 Å². The van der Waals surface area contributed by atoms with E-state index < -0.39 is 6.04 Å². The van der Waals surface area contributed by atoms with Crippen LogP contribution in [0.4, 0.5) is 10.5 Å². The Balaban J connectivity index is 1.30. The largest absolute Gasteiger partial charge is 0.454 e. The van der Waals surface area contributed by atoms with E-state index in [-0.39, 0.29) is 12.8 Å². The van der Waals surface area contributed by atoms with Gasteiger partial charge in [0, 0.05) is 22.7 Å². The van der Waals surface area contributed by atoms with Crippen LogP contribution in [0.5, 0.6) is 11.5 Å². The first-order valence-corrected chi connectivity index (χ1v) is 10.6. The van der Waals surface area contributed by atoms with Crippen molar-refractivity contribution >= 4 is 23.3 Å². The van der Waals surface area contributed by atoms with Crippen molar-refractivity contribution < 1.29 is 18.8 Å². The van der Waals surface area contributed by atoms with Gasteiger partial charge in [0.15, 0.2) is 11.5 Å². The number of aromatic amines is 1. The third-order valence-corrected chi connectivity index (χ3v) is 5.86. The van der Waals surface area contributed by atoms with Crippen molar-refractivity contribution in [2.45, 2.75) is 19.0 Å². The molecule has 1 unspecified atom stereocenters. The maximum Gasteiger partial charge on any atom is 0.322 e. The van der Waals surface area contributed by atoms with Crippen molar-refractivity contribution in [3.63, 3.8) is 0 Å². The fraction of sp³-hybridized carbons (Fsp3) is 0.182. The van der Waals surface area contributed by atoms with Crippen molar-refractivity contribution in [3.05, 3.63) is 71.1 Å². The molecule has 2 aliphatic rings. The predicted molar refractivity (Wildman–Crippen MR) is 117 cm³/mol. The normalized spacial score (nSPS) is 16.5. The second-order valence-electron chi connectivity index (χ2n) is 7.64. The number of carbonyl (C=O) groups is 1. The molecule has 6 rings (SSSR count). The second-order valence-corrected chi connectivity index (χ2v) is 8.07. The maximum absolute atomic E-state index is 13.2. The number of ether oxygens (including phenoxy) is 2. The first kappa shape index (κ1) is 19.6. The summed E-state index contributed by atoms with van der Waals surface area (Å²) in [6.45, 7) is 0.503. The summed E-state index contributed by atoms with van der Waals surface area (Å²) in [5, 5.41) is 7.63. The highest BCUT2D eigenvalue weighted by molar-refractivity contribution is 6.30. The summed E-state index contributed by atoms with van der Waals surface area (Å²) in [5.74, 6) is 2.02. The molecule has 11 heteroatoms. The maximum atomic E-state index is 13.2. The highest BCUT2D eigenvalue weighted by Gasteiger charge is 2.36. The Bertz CT molecular complexity index is 1330. The molecule has 166 valence electrons. The van der Waals surface area contributed by atoms with E-state index in [2.05, 4.69) is 25.4 Å². The highest BCUT2D eigenvalue weighted by Crippen LogP contribution is 2.36. The Morgan fingerprint density at radius 3 is 2.88 bits per heavy atom. The molecule has 4 heterocycles. The number of H-pyrrole nitrogens is 1. The number of hydrogen-bond acceptors (Lipinski definition) is 7. The zero-order valence-electron chi connectivity index (χ0n) is 17.1. The van der Waals surface area contributed by atoms with Crippen LogP contribution in [0.15, 0.2) is 53.3 Å². The molecule has 2 amide bonds. The van der Waals surface area contributed by atoms with Crippen LogP contribution < -0.4 is 14.8 Å². The molecule has 4 aromatic rings. The summed E-state index contributed by atoms with van der Waals surface area (Å²) in [7, 11) is 0. The minimum Gasteiger partial charge on any atom is -0.454 e. The van der Waals surface area contributed by atoms with Crippen LogP contribution in [0.3, 0.4) is 0 Å². The Hall–Kier alpha value is -4.05. The standard InChI is InChI=1S/C22H17ClN6O4/c23-13-2-4-14(5-3-13)26-22(30)29-9-16-15(24-10-25-16)8-17(29)21-27-20(28-33-21)12-1-6-18-19(7-12)32-11-31-18/h1-7,10,17H,8-9,11H2,(H,24,25)(H,26,30). The zero-order valence-corrected chi connectivity index (χ0v) is 17.9. The lowest BCUT2D eigenvalue weighted by atomic mass is 10.0. The quantitative estimate of drug-likeness (QED) is 0.467. The molecule has 0 bridgehead atoms. The van der Waals surface area contributed by atoms with Gasteiger partial charge in [0.2, 0.25) is 18.5 Å². The lowest BCUT2D eigenvalue weighted by molar-refractivity contribution is 0.155. The van der Waals surface area contributed by atoms with E-state index in [1.165, 1.54) is 0 Å². The lowest BCUT2D eigenvalue weighted by Crippen LogP contribution is -2.41. The number of carbonyl (C=O) groups excluding carboxylic acids is 1. The summed E-state index contributed by atoms with van der Waals surface area (Å²) in [5.41, 5.74) is 3.08. The molecule has 2 aromatic carbocycles. The first-order valence-electron chi connectivity index (χ1n) is 10.2. The van der Waals surface area contributed by atoms with Gasteiger partial charge in [0.25, 0.3) is 0 Å². The van der Waals surface area contributed by atoms with Gasteiger partial charge in [0.1, 0.15) is 6.04 Å². The Morgan fingerprint density at radius 2 is 2.00 bits per heavy atom. The molecule has 33 heavy (non-hydrogen) atoms. The zero-order chi connectivity index (χ0) is 22.4. The van der Waals surface area contributed by atoms with Gasteiger partial charge in [-0.15, -0.1) is 0 Å². The fourth-order valence-corrected chi connectivity index (χ4v) is 4.05. The van der Waals surface area contributed by atoms with Crippen molar-refractivity contribution in [3.8, 4) is 22.9 Å². The van der Waals surface area contributed by atoms with Crippen LogP contribution >= 0.6 is 11.6 Å². The number of imidazole rings is 1. The molecule has 0 aliphatic carbocycles. The van der Waals surface area contributed by atoms with Crippen LogP contribution in [0.25, 0.3) is 11.4 Å². The third-order valence-electron chi connectivity index (χ3n) is 5.61. The molecule has 0 fully saturated rings. The number of aromatic nitrogens is 4. The molecule has 0 saturated carbocycles. The SMILES string of the molecule is O=C(Nc1ccc(Cl)cc1)N1Cc2[nH]cnc2CC1c1nc(-c2ccc3c(c2)OCO3)no1. The highest BCUT2D eigenvalue weighted by atomic mass is 35.5. The molecule has 0 radical (unpaired) electrons. The van der Waals surface area contributed by atoms with Gasteiger partial charge in [-0.25, -0.2) is 9.78 Å². The molecule has 2 N–H and O–H groups in total. The summed E-state index contributed by atoms with van der Waals surface area (Å²) in [6, 6.07) is 11.6. The smallest absolute Gasteiger partial charge is 0.322 e. The molecular weight excluding hydrogens is 448 g/mol. The van der Waals surface area contributed by atoms with E-state index in [1.807, 2.05) is 6.07 Å². The van der Waals surface area contributed by atoms with Crippen molar-refractivity contribution in [2.75, 3.05) is 12.1 Å². The van der Waals surface area contributed by atoms with E-state index in [9.17, 15) is 4.79 Å². The van der Waals surface area contributed by atoms with Gasteiger partial charge in [-0.2, -0.15) is 4.98 Å². The molecule has 10 nitrogen and oxygen atoms in total. The molecule has 0 spiro atoms. The number of benzene rings is 2. The minimum atomic E-state index is -0.483. The van der Waals surface area contributed by atoms with Crippen LogP contribution in [0, 0.1) is 0 Å². The predicted octanol–water partition coefficient (Wildman–Crippen LogP) is 4.17. The lowest BCUT2D eigenvalue weighted by Gasteiger charge is -2.32. The van der Waals surface area contributed by atoms with Gasteiger partial charge in [0.05, 0.1) is 24.3 Å². The molecule has 2 aromatic heterocycles. The van der Waals surface area contributed by atoms with Gasteiger partial charge in [-0.3, -0.25) is 0 Å². The average molecular weight is 465 g/mol. The summed E-state index contributed by atoms with van der Waals surface area (Å²) < 4.78 is 16.4. The van der Waals surface area contributed by atoms with Crippen LogP contribution in [-0.4, -0.2) is 37.8 Å². The van der Waals surface area contributed by atoms with Gasteiger partial charge in [-0.1, -0.05) is 16.8 Å². The summed E-state index contributed by atoms with van der Waals surface area (Å²) >= 11 is 5.95. The Labute approximate surface area is 192 Å². The van der Waals surface area contributed by atoms with Crippen molar-refractivity contribution in [1.82, 2.24) is 25.0 Å². The minimum absolute atomic E-state index is 0.183. The van der Waals surface area contributed by atoms with E-state index in [1.54, 1.807) is 47.6 Å². The van der Waals surface area contributed by atoms with Crippen LogP contribution in [-0.2, 0) is 13.0 Å². The second kappa shape index (κ2) is 7.82. The van der Waals surface area contributed by atoms with Gasteiger partial charge in [-0.05, 0) is 42.5 Å². The summed E-state index contributed by atoms with van der Waals surface area (Å²) in [6.07, 6.45) is 2.06. The van der Waals surface area contributed by atoms with Crippen LogP contribution in [0.2, 0.25) is 5.02 Å². The van der Waals surface area contributed by atoms with E-state index >= 15 is 0 Å². The number of amides is 2. The number of nitrogens with zero attached hydrogens (tertiary/aromatic N) is 4. The number of urea groups is 1. The number of rotatable bonds is 3. The Kier molecular flexibility index (Phi) is 4.65. The Morgan fingerprint density at radius 1 is 1.15 bits per heavy atom. The fourth-order valence-electron chi connectivity index (χ4n) is 3.92. The number of fused-ring (bicyclic) bond motifs is 2. The molecule has 2 aliphatic heterocycles. The number of hydrogen-bond donors (Lipinski definition) is 2. The number of nitrogens with one attached hydrogen (secondary N) is 2. The van der Waals surface area contributed by atoms with Gasteiger partial charge < -0.3 is 29.2 Å². The summed E-state index contributed by atoms with van der Waals surface area (Å²) in [4.78, 5) is 26.9.